The largest absolute Gasteiger partial charge is 0.481 e. The normalized spacial score (nSPS) is 17.2. The molecule has 0 aromatic heterocycles. The van der Waals surface area contributed by atoms with Crippen LogP contribution in [0.2, 0.25) is 0 Å². The predicted molar refractivity (Wildman–Crippen MR) is 73.1 cm³/mol. The van der Waals surface area contributed by atoms with Gasteiger partial charge in [-0.25, -0.2) is 4.39 Å². The molecule has 3 heteroatoms. The van der Waals surface area contributed by atoms with Crippen molar-refractivity contribution >= 4 is 5.97 Å². The molecule has 1 aliphatic carbocycles. The van der Waals surface area contributed by atoms with Crippen LogP contribution in [-0.4, -0.2) is 16.7 Å². The summed E-state index contributed by atoms with van der Waals surface area (Å²) in [5.74, 6) is -0.276. The van der Waals surface area contributed by atoms with Crippen molar-refractivity contribution < 1.29 is 14.3 Å². The number of halogens is 1. The first kappa shape index (κ1) is 14.0. The van der Waals surface area contributed by atoms with Gasteiger partial charge >= 0.3 is 5.97 Å². The van der Waals surface area contributed by atoms with Gasteiger partial charge in [0.15, 0.2) is 0 Å². The fraction of sp³-hybridized carbons (Fsp3) is 0.562. The van der Waals surface area contributed by atoms with Gasteiger partial charge < -0.3 is 5.11 Å². The monoisotopic (exact) mass is 264 g/mol. The van der Waals surface area contributed by atoms with Crippen LogP contribution in [0, 0.1) is 5.92 Å². The second kappa shape index (κ2) is 5.32. The lowest BCUT2D eigenvalue weighted by molar-refractivity contribution is -0.137. The van der Waals surface area contributed by atoms with Crippen molar-refractivity contribution in [3.8, 4) is 0 Å². The van der Waals surface area contributed by atoms with Crippen LogP contribution in [0.25, 0.3) is 0 Å². The number of benzene rings is 1. The number of hydrogen-bond donors (Lipinski definition) is 1. The highest BCUT2D eigenvalue weighted by molar-refractivity contribution is 5.68. The van der Waals surface area contributed by atoms with Crippen molar-refractivity contribution in [1.82, 2.24) is 0 Å². The zero-order chi connectivity index (χ0) is 14.0. The highest BCUT2D eigenvalue weighted by Crippen LogP contribution is 2.45. The first-order valence-corrected chi connectivity index (χ1v) is 6.85. The Morgan fingerprint density at radius 1 is 1.42 bits per heavy atom. The zero-order valence-electron chi connectivity index (χ0n) is 11.5. The van der Waals surface area contributed by atoms with Gasteiger partial charge in [0.25, 0.3) is 0 Å². The Hall–Kier alpha value is -1.38. The van der Waals surface area contributed by atoms with Crippen LogP contribution in [-0.2, 0) is 11.2 Å². The van der Waals surface area contributed by atoms with Gasteiger partial charge in [-0.15, -0.1) is 0 Å². The SMILES string of the molecule is CC(C)(F)Cc1ccccc1C(CC(=O)O)C1CC1. The minimum atomic E-state index is -1.27. The van der Waals surface area contributed by atoms with Gasteiger partial charge in [0.05, 0.1) is 6.42 Å². The van der Waals surface area contributed by atoms with Crippen molar-refractivity contribution in [3.05, 3.63) is 35.4 Å². The molecular formula is C16H21FO2. The summed E-state index contributed by atoms with van der Waals surface area (Å²) in [4.78, 5) is 11.0. The molecule has 1 N–H and O–H groups in total. The average Bonchev–Trinajstić information content (AvgIpc) is 3.08. The molecule has 1 aliphatic rings. The van der Waals surface area contributed by atoms with Gasteiger partial charge in [0, 0.05) is 6.42 Å². The van der Waals surface area contributed by atoms with E-state index in [1.165, 1.54) is 0 Å². The third-order valence-corrected chi connectivity index (χ3v) is 3.65. The van der Waals surface area contributed by atoms with Crippen molar-refractivity contribution in [1.29, 1.82) is 0 Å². The average molecular weight is 264 g/mol. The molecule has 0 aliphatic heterocycles. The van der Waals surface area contributed by atoms with Crippen LogP contribution in [0.5, 0.6) is 0 Å². The number of carboxylic acids is 1. The lowest BCUT2D eigenvalue weighted by atomic mass is 9.84. The molecule has 1 aromatic carbocycles. The molecule has 1 unspecified atom stereocenters. The molecule has 2 nitrogen and oxygen atoms in total. The zero-order valence-corrected chi connectivity index (χ0v) is 11.5. The van der Waals surface area contributed by atoms with Crippen LogP contribution < -0.4 is 0 Å². The van der Waals surface area contributed by atoms with Crippen LogP contribution in [0.4, 0.5) is 4.39 Å². The molecular weight excluding hydrogens is 243 g/mol. The maximum atomic E-state index is 13.9. The Bertz CT molecular complexity index is 458. The Balaban J connectivity index is 2.28. The first-order chi connectivity index (χ1) is 8.87. The molecule has 0 saturated heterocycles. The summed E-state index contributed by atoms with van der Waals surface area (Å²) >= 11 is 0. The van der Waals surface area contributed by atoms with E-state index in [2.05, 4.69) is 0 Å². The highest BCUT2D eigenvalue weighted by atomic mass is 19.1. The summed E-state index contributed by atoms with van der Waals surface area (Å²) in [5, 5.41) is 9.07. The molecule has 2 rings (SSSR count). The molecule has 0 radical (unpaired) electrons. The minimum Gasteiger partial charge on any atom is -0.481 e. The maximum Gasteiger partial charge on any atom is 0.303 e. The second-order valence-electron chi connectivity index (χ2n) is 6.14. The molecule has 0 amide bonds. The number of alkyl halides is 1. The summed E-state index contributed by atoms with van der Waals surface area (Å²) in [6.07, 6.45) is 2.66. The number of carboxylic acid groups (broad SMARTS) is 1. The molecule has 0 spiro atoms. The number of hydrogen-bond acceptors (Lipinski definition) is 1. The molecule has 104 valence electrons. The van der Waals surface area contributed by atoms with Gasteiger partial charge in [-0.3, -0.25) is 4.79 Å². The number of aliphatic carboxylic acids is 1. The third kappa shape index (κ3) is 4.05. The Morgan fingerprint density at radius 2 is 2.05 bits per heavy atom. The van der Waals surface area contributed by atoms with E-state index < -0.39 is 11.6 Å². The highest BCUT2D eigenvalue weighted by Gasteiger charge is 2.35. The van der Waals surface area contributed by atoms with E-state index >= 15 is 0 Å². The maximum absolute atomic E-state index is 13.9. The standard InChI is InChI=1S/C16H21FO2/c1-16(2,17)10-12-5-3-4-6-13(12)14(9-15(18)19)11-7-8-11/h3-6,11,14H,7-10H2,1-2H3,(H,18,19). The fourth-order valence-electron chi connectivity index (χ4n) is 2.73. The van der Waals surface area contributed by atoms with Gasteiger partial charge in [-0.05, 0) is 49.7 Å². The van der Waals surface area contributed by atoms with Crippen LogP contribution in [0.15, 0.2) is 24.3 Å². The third-order valence-electron chi connectivity index (χ3n) is 3.65. The first-order valence-electron chi connectivity index (χ1n) is 6.85. The van der Waals surface area contributed by atoms with Crippen molar-refractivity contribution in [2.45, 2.75) is 51.1 Å². The van der Waals surface area contributed by atoms with Gasteiger partial charge in [-0.1, -0.05) is 24.3 Å². The van der Waals surface area contributed by atoms with Crippen molar-refractivity contribution in [2.24, 2.45) is 5.92 Å². The minimum absolute atomic E-state index is 0.0380. The quantitative estimate of drug-likeness (QED) is 0.844. The van der Waals surface area contributed by atoms with Gasteiger partial charge in [0.1, 0.15) is 5.67 Å². The van der Waals surface area contributed by atoms with Gasteiger partial charge in [-0.2, -0.15) is 0 Å². The Kier molecular flexibility index (Phi) is 3.93. The molecule has 1 aromatic rings. The van der Waals surface area contributed by atoms with Crippen molar-refractivity contribution in [2.75, 3.05) is 0 Å². The van der Waals surface area contributed by atoms with E-state index in [0.29, 0.717) is 12.3 Å². The summed E-state index contributed by atoms with van der Waals surface area (Å²) < 4.78 is 13.9. The number of carbonyl (C=O) groups is 1. The van der Waals surface area contributed by atoms with E-state index in [1.54, 1.807) is 13.8 Å². The molecule has 19 heavy (non-hydrogen) atoms. The van der Waals surface area contributed by atoms with Crippen LogP contribution in [0.3, 0.4) is 0 Å². The van der Waals surface area contributed by atoms with Crippen LogP contribution >= 0.6 is 0 Å². The topological polar surface area (TPSA) is 37.3 Å². The molecule has 1 atom stereocenters. The molecule has 0 bridgehead atoms. The van der Waals surface area contributed by atoms with Crippen LogP contribution in [0.1, 0.15) is 50.2 Å². The summed E-state index contributed by atoms with van der Waals surface area (Å²) in [5.41, 5.74) is 0.708. The summed E-state index contributed by atoms with van der Waals surface area (Å²) in [6.45, 7) is 3.13. The van der Waals surface area contributed by atoms with Gasteiger partial charge in [0.2, 0.25) is 0 Å². The summed E-state index contributed by atoms with van der Waals surface area (Å²) in [6, 6.07) is 7.71. The second-order valence-corrected chi connectivity index (χ2v) is 6.14. The van der Waals surface area contributed by atoms with E-state index in [4.69, 9.17) is 5.11 Å². The smallest absolute Gasteiger partial charge is 0.303 e. The fourth-order valence-corrected chi connectivity index (χ4v) is 2.73. The molecule has 1 saturated carbocycles. The van der Waals surface area contributed by atoms with E-state index in [9.17, 15) is 9.18 Å². The van der Waals surface area contributed by atoms with E-state index in [-0.39, 0.29) is 12.3 Å². The van der Waals surface area contributed by atoms with E-state index in [1.807, 2.05) is 24.3 Å². The van der Waals surface area contributed by atoms with Crippen molar-refractivity contribution in [3.63, 3.8) is 0 Å². The predicted octanol–water partition coefficient (Wildman–Crippen LogP) is 3.95. The lowest BCUT2D eigenvalue weighted by Gasteiger charge is -2.22. The molecule has 1 fully saturated rings. The number of rotatable bonds is 6. The molecule has 0 heterocycles. The lowest BCUT2D eigenvalue weighted by Crippen LogP contribution is -2.18. The summed E-state index contributed by atoms with van der Waals surface area (Å²) in [7, 11) is 0. The Labute approximate surface area is 113 Å². The Morgan fingerprint density at radius 3 is 2.58 bits per heavy atom. The van der Waals surface area contributed by atoms with E-state index in [0.717, 1.165) is 24.0 Å².